The molecule has 1 saturated heterocycles. The number of hydrogen-bond acceptors (Lipinski definition) is 1. The summed E-state index contributed by atoms with van der Waals surface area (Å²) in [5, 5.41) is 0. The van der Waals surface area contributed by atoms with Gasteiger partial charge < -0.3 is 0 Å². The van der Waals surface area contributed by atoms with Gasteiger partial charge in [0.05, 0.1) is 0 Å². The van der Waals surface area contributed by atoms with E-state index in [-0.39, 0.29) is 0 Å². The van der Waals surface area contributed by atoms with Crippen LogP contribution in [0.15, 0.2) is 0 Å². The van der Waals surface area contributed by atoms with E-state index in [0.29, 0.717) is 24.3 Å². The fraction of sp³-hybridized carbons (Fsp3) is 1.00. The van der Waals surface area contributed by atoms with Crippen LogP contribution in [0.25, 0.3) is 0 Å². The van der Waals surface area contributed by atoms with E-state index in [1.54, 1.807) is 0 Å². The van der Waals surface area contributed by atoms with Gasteiger partial charge in [-0.25, -0.2) is 4.39 Å². The lowest BCUT2D eigenvalue weighted by molar-refractivity contribution is 0.312. The molecule has 1 rings (SSSR count). The van der Waals surface area contributed by atoms with Crippen LogP contribution in [0.3, 0.4) is 0 Å². The summed E-state index contributed by atoms with van der Waals surface area (Å²) in [4.78, 5) is 0. The van der Waals surface area contributed by atoms with Crippen LogP contribution in [0, 0.1) is 0 Å². The van der Waals surface area contributed by atoms with Gasteiger partial charge >= 0.3 is 0 Å². The van der Waals surface area contributed by atoms with Gasteiger partial charge in [-0.15, -0.1) is 0 Å². The molecule has 1 nitrogen and oxygen atoms in total. The van der Waals surface area contributed by atoms with Crippen LogP contribution in [0.1, 0.15) is 12.8 Å². The largest absolute Gasteiger partial charge is 0.260 e. The molecule has 8 heavy (non-hydrogen) atoms. The first kappa shape index (κ1) is 6.20. The molecule has 0 atom stereocenters. The Morgan fingerprint density at radius 3 is 2.25 bits per heavy atom. The Balaban J connectivity index is 2.29. The van der Waals surface area contributed by atoms with Crippen molar-refractivity contribution in [3.8, 4) is 0 Å². The Labute approximate surface area is 50.7 Å². The molecule has 0 amide bonds. The normalized spacial score (nSPS) is 39.6. The molecule has 3 heteroatoms. The second-order valence-electron chi connectivity index (χ2n) is 2.02. The first-order valence-corrected chi connectivity index (χ1v) is 4.27. The Bertz CT molecular complexity index is 94.6. The molecule has 0 saturated carbocycles. The molecule has 1 aliphatic rings. The molecule has 1 aliphatic heterocycles. The first-order chi connectivity index (χ1) is 3.79. The van der Waals surface area contributed by atoms with Crippen LogP contribution in [0.4, 0.5) is 4.39 Å². The average Bonchev–Trinajstić information content (AvgIpc) is 1.77. The summed E-state index contributed by atoms with van der Waals surface area (Å²) in [5.74, 6) is 1.14. The Hall–Kier alpha value is 0.0800. The fourth-order valence-electron chi connectivity index (χ4n) is 0.765. The van der Waals surface area contributed by atoms with Crippen molar-refractivity contribution in [3.63, 3.8) is 0 Å². The topological polar surface area (TPSA) is 17.1 Å². The highest BCUT2D eigenvalue weighted by Gasteiger charge is 2.15. The molecule has 0 spiro atoms. The molecule has 1 fully saturated rings. The van der Waals surface area contributed by atoms with Crippen LogP contribution in [0.2, 0.25) is 0 Å². The third-order valence-corrected chi connectivity index (χ3v) is 2.70. The quantitative estimate of drug-likeness (QED) is 0.483. The van der Waals surface area contributed by atoms with E-state index in [0.717, 1.165) is 0 Å². The van der Waals surface area contributed by atoms with Gasteiger partial charge in [0.15, 0.2) is 0 Å². The molecule has 48 valence electrons. The molecule has 1 heterocycles. The van der Waals surface area contributed by atoms with Crippen molar-refractivity contribution in [1.82, 2.24) is 0 Å². The predicted octanol–water partition coefficient (Wildman–Crippen LogP) is 0.867. The Morgan fingerprint density at radius 1 is 1.38 bits per heavy atom. The zero-order valence-electron chi connectivity index (χ0n) is 4.60. The van der Waals surface area contributed by atoms with Crippen LogP contribution >= 0.6 is 0 Å². The van der Waals surface area contributed by atoms with Gasteiger partial charge in [0, 0.05) is 22.3 Å². The predicted molar refractivity (Wildman–Crippen MR) is 32.0 cm³/mol. The summed E-state index contributed by atoms with van der Waals surface area (Å²) in [6, 6.07) is 0. The summed E-state index contributed by atoms with van der Waals surface area (Å²) in [6.07, 6.45) is 0.340. The van der Waals surface area contributed by atoms with Gasteiger partial charge in [-0.2, -0.15) is 0 Å². The van der Waals surface area contributed by atoms with E-state index in [1.165, 1.54) is 0 Å². The maximum Gasteiger partial charge on any atom is 0.102 e. The summed E-state index contributed by atoms with van der Waals surface area (Å²) in [6.45, 7) is 0. The van der Waals surface area contributed by atoms with E-state index in [1.807, 2.05) is 0 Å². The molecule has 0 aromatic carbocycles. The first-order valence-electron chi connectivity index (χ1n) is 2.78. The van der Waals surface area contributed by atoms with Crippen molar-refractivity contribution in [3.05, 3.63) is 0 Å². The summed E-state index contributed by atoms with van der Waals surface area (Å²) >= 11 is 0. The van der Waals surface area contributed by atoms with E-state index in [4.69, 9.17) is 0 Å². The van der Waals surface area contributed by atoms with Gasteiger partial charge in [0.2, 0.25) is 0 Å². The van der Waals surface area contributed by atoms with Gasteiger partial charge in [0.25, 0.3) is 0 Å². The molecule has 0 aliphatic carbocycles. The van der Waals surface area contributed by atoms with Crippen LogP contribution in [0.5, 0.6) is 0 Å². The lowest BCUT2D eigenvalue weighted by atomic mass is 10.2. The van der Waals surface area contributed by atoms with Crippen molar-refractivity contribution >= 4 is 10.8 Å². The molecule has 0 bridgehead atoms. The molecule has 0 aromatic heterocycles. The smallest absolute Gasteiger partial charge is 0.102 e. The van der Waals surface area contributed by atoms with Gasteiger partial charge in [0.1, 0.15) is 6.17 Å². The summed E-state index contributed by atoms with van der Waals surface area (Å²) < 4.78 is 22.8. The molecular formula is C5H9FOS. The number of halogens is 1. The lowest BCUT2D eigenvalue weighted by Gasteiger charge is -2.12. The van der Waals surface area contributed by atoms with Crippen LogP contribution in [-0.4, -0.2) is 21.9 Å². The van der Waals surface area contributed by atoms with Gasteiger partial charge in [-0.3, -0.25) is 4.21 Å². The Morgan fingerprint density at radius 2 is 1.88 bits per heavy atom. The lowest BCUT2D eigenvalue weighted by Crippen LogP contribution is -2.18. The van der Waals surface area contributed by atoms with E-state index < -0.39 is 17.0 Å². The minimum absolute atomic E-state index is 0.507. The van der Waals surface area contributed by atoms with Gasteiger partial charge in [-0.1, -0.05) is 0 Å². The van der Waals surface area contributed by atoms with Crippen molar-refractivity contribution < 1.29 is 8.60 Å². The summed E-state index contributed by atoms with van der Waals surface area (Å²) in [7, 11) is -0.701. The zero-order chi connectivity index (χ0) is 5.98. The zero-order valence-corrected chi connectivity index (χ0v) is 5.42. The number of alkyl halides is 1. The fourth-order valence-corrected chi connectivity index (χ4v) is 2.01. The molecule has 0 unspecified atom stereocenters. The van der Waals surface area contributed by atoms with Gasteiger partial charge in [-0.05, 0) is 12.8 Å². The highest BCUT2D eigenvalue weighted by molar-refractivity contribution is 7.85. The summed E-state index contributed by atoms with van der Waals surface area (Å²) in [5.41, 5.74) is 0. The monoisotopic (exact) mass is 136 g/mol. The van der Waals surface area contributed by atoms with E-state index in [2.05, 4.69) is 0 Å². The van der Waals surface area contributed by atoms with Crippen LogP contribution in [-0.2, 0) is 10.8 Å². The standard InChI is InChI=1S/C5H9FOS/c6-5-1-3-8(7)4-2-5/h5H,1-4H2. The van der Waals surface area contributed by atoms with E-state index >= 15 is 0 Å². The second kappa shape index (κ2) is 2.58. The third kappa shape index (κ3) is 1.54. The molecule has 0 radical (unpaired) electrons. The number of hydrogen-bond donors (Lipinski definition) is 0. The third-order valence-electron chi connectivity index (χ3n) is 1.32. The minimum atomic E-state index is -0.701. The average molecular weight is 136 g/mol. The highest BCUT2D eigenvalue weighted by atomic mass is 32.2. The van der Waals surface area contributed by atoms with Crippen molar-refractivity contribution in [1.29, 1.82) is 0 Å². The highest BCUT2D eigenvalue weighted by Crippen LogP contribution is 2.11. The molecule has 0 N–H and O–H groups in total. The van der Waals surface area contributed by atoms with Crippen molar-refractivity contribution in [2.75, 3.05) is 11.5 Å². The van der Waals surface area contributed by atoms with Crippen molar-refractivity contribution in [2.45, 2.75) is 19.0 Å². The van der Waals surface area contributed by atoms with E-state index in [9.17, 15) is 8.60 Å². The SMILES string of the molecule is O=S1CCC(F)CC1. The minimum Gasteiger partial charge on any atom is -0.260 e. The van der Waals surface area contributed by atoms with Crippen LogP contribution < -0.4 is 0 Å². The number of rotatable bonds is 0. The molecule has 0 aromatic rings. The maximum atomic E-state index is 12.2. The maximum absolute atomic E-state index is 12.2. The second-order valence-corrected chi connectivity index (χ2v) is 3.72. The van der Waals surface area contributed by atoms with Crippen molar-refractivity contribution in [2.24, 2.45) is 0 Å². The molecular weight excluding hydrogens is 127 g/mol. The Kier molecular flexibility index (Phi) is 2.00.